The molecule has 0 saturated carbocycles. The van der Waals surface area contributed by atoms with Crippen molar-refractivity contribution in [3.63, 3.8) is 0 Å². The van der Waals surface area contributed by atoms with Gasteiger partial charge in [-0.25, -0.2) is 4.79 Å². The number of fused-ring (bicyclic) bond motifs is 3. The highest BCUT2D eigenvalue weighted by Gasteiger charge is 2.21. The Balaban J connectivity index is 1.56. The van der Waals surface area contributed by atoms with Crippen molar-refractivity contribution in [3.8, 4) is 29.0 Å². The summed E-state index contributed by atoms with van der Waals surface area (Å²) in [5.41, 5.74) is 2.68. The number of rotatable bonds is 4. The van der Waals surface area contributed by atoms with Gasteiger partial charge >= 0.3 is 5.69 Å². The molecule has 0 amide bonds. The second kappa shape index (κ2) is 8.60. The molecule has 158 valence electrons. The molecule has 1 fully saturated rings. The smallest absolute Gasteiger partial charge is 0.351 e. The van der Waals surface area contributed by atoms with Gasteiger partial charge in [0, 0.05) is 30.2 Å². The zero-order valence-electron chi connectivity index (χ0n) is 17.3. The Morgan fingerprint density at radius 1 is 1.33 bits per heavy atom. The van der Waals surface area contributed by atoms with E-state index < -0.39 is 5.60 Å². The van der Waals surface area contributed by atoms with Crippen molar-refractivity contribution >= 4 is 0 Å². The molecule has 30 heavy (non-hydrogen) atoms. The van der Waals surface area contributed by atoms with Gasteiger partial charge in [-0.3, -0.25) is 4.57 Å². The Hall–Kier alpha value is -2.66. The van der Waals surface area contributed by atoms with Crippen LogP contribution in [-0.2, 0) is 22.4 Å². The summed E-state index contributed by atoms with van der Waals surface area (Å²) in [5, 5.41) is 9.81. The third kappa shape index (κ3) is 4.90. The lowest BCUT2D eigenvalue weighted by Gasteiger charge is -2.24. The number of hydrogen-bond acceptors (Lipinski definition) is 6. The SMILES string of the molecule is CC(C)(O)CC#Cc1ccc2c(c1)CCn1c-2cc(OCC2COCCO2)nc1=O. The van der Waals surface area contributed by atoms with Crippen molar-refractivity contribution in [1.29, 1.82) is 0 Å². The van der Waals surface area contributed by atoms with E-state index in [2.05, 4.69) is 22.9 Å². The maximum atomic E-state index is 12.5. The molecule has 0 aliphatic carbocycles. The van der Waals surface area contributed by atoms with Crippen molar-refractivity contribution in [2.24, 2.45) is 0 Å². The molecule has 7 heteroatoms. The largest absolute Gasteiger partial charge is 0.475 e. The Morgan fingerprint density at radius 2 is 2.20 bits per heavy atom. The minimum atomic E-state index is -0.806. The average molecular weight is 410 g/mol. The summed E-state index contributed by atoms with van der Waals surface area (Å²) < 4.78 is 18.4. The Morgan fingerprint density at radius 3 is 2.97 bits per heavy atom. The topological polar surface area (TPSA) is 82.8 Å². The molecular weight excluding hydrogens is 384 g/mol. The zero-order valence-corrected chi connectivity index (χ0v) is 17.3. The molecule has 2 aliphatic rings. The molecule has 7 nitrogen and oxygen atoms in total. The Labute approximate surface area is 175 Å². The number of aryl methyl sites for hydroxylation is 1. The number of ether oxygens (including phenoxy) is 3. The fraction of sp³-hybridized carbons (Fsp3) is 0.478. The van der Waals surface area contributed by atoms with E-state index in [1.807, 2.05) is 18.2 Å². The highest BCUT2D eigenvalue weighted by molar-refractivity contribution is 5.67. The monoisotopic (exact) mass is 410 g/mol. The highest BCUT2D eigenvalue weighted by atomic mass is 16.6. The van der Waals surface area contributed by atoms with Crippen LogP contribution in [-0.4, -0.2) is 52.8 Å². The van der Waals surface area contributed by atoms with Gasteiger partial charge < -0.3 is 19.3 Å². The molecule has 4 rings (SSSR count). The second-order valence-corrected chi connectivity index (χ2v) is 8.21. The van der Waals surface area contributed by atoms with Gasteiger partial charge in [0.15, 0.2) is 0 Å². The minimum absolute atomic E-state index is 0.156. The fourth-order valence-corrected chi connectivity index (χ4v) is 3.53. The molecule has 0 radical (unpaired) electrons. The Bertz CT molecular complexity index is 1040. The lowest BCUT2D eigenvalue weighted by atomic mass is 9.95. The van der Waals surface area contributed by atoms with Crippen molar-refractivity contribution in [3.05, 3.63) is 45.9 Å². The number of nitrogens with zero attached hydrogens (tertiary/aromatic N) is 2. The van der Waals surface area contributed by atoms with Crippen LogP contribution in [0.15, 0.2) is 29.1 Å². The van der Waals surface area contributed by atoms with Gasteiger partial charge in [0.25, 0.3) is 0 Å². The van der Waals surface area contributed by atoms with Crippen LogP contribution in [0.1, 0.15) is 31.4 Å². The third-order valence-electron chi connectivity index (χ3n) is 5.03. The Kier molecular flexibility index (Phi) is 5.91. The first-order chi connectivity index (χ1) is 14.4. The van der Waals surface area contributed by atoms with E-state index in [9.17, 15) is 9.90 Å². The minimum Gasteiger partial charge on any atom is -0.475 e. The predicted molar refractivity (Wildman–Crippen MR) is 111 cm³/mol. The van der Waals surface area contributed by atoms with Gasteiger partial charge in [0.1, 0.15) is 12.7 Å². The van der Waals surface area contributed by atoms with Crippen molar-refractivity contribution in [2.75, 3.05) is 26.4 Å². The van der Waals surface area contributed by atoms with Gasteiger partial charge in [-0.05, 0) is 38.0 Å². The van der Waals surface area contributed by atoms with Crippen molar-refractivity contribution < 1.29 is 19.3 Å². The number of aliphatic hydroxyl groups is 1. The quantitative estimate of drug-likeness (QED) is 0.774. The molecule has 1 aromatic carbocycles. The maximum Gasteiger partial charge on any atom is 0.351 e. The first kappa shape index (κ1) is 20.6. The number of aromatic nitrogens is 2. The van der Waals surface area contributed by atoms with Crippen LogP contribution < -0.4 is 10.4 Å². The molecule has 1 saturated heterocycles. The summed E-state index contributed by atoms with van der Waals surface area (Å²) in [6, 6.07) is 7.78. The van der Waals surface area contributed by atoms with Gasteiger partial charge in [-0.15, -0.1) is 0 Å². The lowest BCUT2D eigenvalue weighted by Crippen LogP contribution is -2.34. The molecule has 1 N–H and O–H groups in total. The van der Waals surface area contributed by atoms with Gasteiger partial charge in [-0.2, -0.15) is 4.98 Å². The van der Waals surface area contributed by atoms with Crippen LogP contribution in [0.2, 0.25) is 0 Å². The van der Waals surface area contributed by atoms with Crippen LogP contribution >= 0.6 is 0 Å². The van der Waals surface area contributed by atoms with E-state index >= 15 is 0 Å². The van der Waals surface area contributed by atoms with Crippen LogP contribution in [0.25, 0.3) is 11.3 Å². The van der Waals surface area contributed by atoms with Crippen LogP contribution in [0.4, 0.5) is 0 Å². The lowest BCUT2D eigenvalue weighted by molar-refractivity contribution is -0.102. The first-order valence-electron chi connectivity index (χ1n) is 10.2. The van der Waals surface area contributed by atoms with E-state index in [0.717, 1.165) is 28.8 Å². The maximum absolute atomic E-state index is 12.5. The van der Waals surface area contributed by atoms with E-state index in [1.165, 1.54) is 0 Å². The molecule has 0 spiro atoms. The molecule has 2 aliphatic heterocycles. The van der Waals surface area contributed by atoms with Gasteiger partial charge in [0.2, 0.25) is 5.88 Å². The number of hydrogen-bond donors (Lipinski definition) is 1. The van der Waals surface area contributed by atoms with Crippen molar-refractivity contribution in [1.82, 2.24) is 9.55 Å². The summed E-state index contributed by atoms with van der Waals surface area (Å²) in [4.78, 5) is 16.6. The first-order valence-corrected chi connectivity index (χ1v) is 10.2. The van der Waals surface area contributed by atoms with E-state index in [-0.39, 0.29) is 11.8 Å². The molecule has 1 atom stereocenters. The molecule has 0 bridgehead atoms. The van der Waals surface area contributed by atoms with E-state index in [1.54, 1.807) is 18.4 Å². The standard InChI is InChI=1S/C23H26N2O5/c1-23(2,27)8-3-4-16-5-6-19-17(12-16)7-9-25-20(19)13-21(24-22(25)26)30-15-18-14-28-10-11-29-18/h5-6,12-13,18,27H,7-11,14-15H2,1-2H3. The normalized spacial score (nSPS) is 18.0. The van der Waals surface area contributed by atoms with Crippen LogP contribution in [0, 0.1) is 11.8 Å². The molecule has 1 aromatic heterocycles. The van der Waals surface area contributed by atoms with E-state index in [4.69, 9.17) is 14.2 Å². The third-order valence-corrected chi connectivity index (χ3v) is 5.03. The molecule has 2 aromatic rings. The highest BCUT2D eigenvalue weighted by Crippen LogP contribution is 2.30. The second-order valence-electron chi connectivity index (χ2n) is 8.21. The summed E-state index contributed by atoms with van der Waals surface area (Å²) in [5.74, 6) is 6.43. The molecule has 1 unspecified atom stereocenters. The average Bonchev–Trinajstić information content (AvgIpc) is 2.72. The van der Waals surface area contributed by atoms with Gasteiger partial charge in [0.05, 0.1) is 31.1 Å². The molecule has 3 heterocycles. The summed E-state index contributed by atoms with van der Waals surface area (Å²) in [6.45, 7) is 5.95. The number of benzene rings is 1. The van der Waals surface area contributed by atoms with Crippen LogP contribution in [0.3, 0.4) is 0 Å². The van der Waals surface area contributed by atoms with Crippen molar-refractivity contribution in [2.45, 2.75) is 44.9 Å². The summed E-state index contributed by atoms with van der Waals surface area (Å²) >= 11 is 0. The fourth-order valence-electron chi connectivity index (χ4n) is 3.53. The summed E-state index contributed by atoms with van der Waals surface area (Å²) in [6.07, 6.45) is 0.986. The van der Waals surface area contributed by atoms with E-state index in [0.29, 0.717) is 45.3 Å². The summed E-state index contributed by atoms with van der Waals surface area (Å²) in [7, 11) is 0. The molecular formula is C23H26N2O5. The van der Waals surface area contributed by atoms with Gasteiger partial charge in [-0.1, -0.05) is 17.9 Å². The predicted octanol–water partition coefficient (Wildman–Crippen LogP) is 1.77. The zero-order chi connectivity index (χ0) is 21.1. The van der Waals surface area contributed by atoms with Crippen LogP contribution in [0.5, 0.6) is 5.88 Å².